The topological polar surface area (TPSA) is 128 Å². The van der Waals surface area contributed by atoms with E-state index in [0.29, 0.717) is 23.2 Å². The zero-order valence-corrected chi connectivity index (χ0v) is 19.1. The number of nitrogens with one attached hydrogen (secondary N) is 2. The number of carbonyl (C=O) groups excluding carboxylic acids is 1. The van der Waals surface area contributed by atoms with E-state index in [1.54, 1.807) is 41.0 Å². The molecule has 3 aromatic carbocycles. The summed E-state index contributed by atoms with van der Waals surface area (Å²) in [4.78, 5) is 25.7. The van der Waals surface area contributed by atoms with Crippen LogP contribution in [0.25, 0.3) is 10.9 Å². The minimum Gasteiger partial charge on any atom is -0.507 e. The molecule has 1 amide bonds. The molecule has 4 N–H and O–H groups in total. The van der Waals surface area contributed by atoms with Crippen LogP contribution in [0.3, 0.4) is 0 Å². The molecule has 182 valence electrons. The summed E-state index contributed by atoms with van der Waals surface area (Å²) < 4.78 is 16.5. The van der Waals surface area contributed by atoms with Crippen molar-refractivity contribution in [3.05, 3.63) is 99.6 Å². The number of fused-ring (bicyclic) bond motifs is 1. The number of aromatic hydroxyl groups is 2. The Balaban J connectivity index is 1.62. The van der Waals surface area contributed by atoms with Gasteiger partial charge in [-0.15, -0.1) is 0 Å². The quantitative estimate of drug-likeness (QED) is 0.233. The van der Waals surface area contributed by atoms with Gasteiger partial charge in [-0.25, -0.2) is 9.82 Å². The van der Waals surface area contributed by atoms with Crippen molar-refractivity contribution in [1.82, 2.24) is 9.99 Å². The second kappa shape index (κ2) is 10.5. The number of pyridine rings is 1. The van der Waals surface area contributed by atoms with Gasteiger partial charge < -0.3 is 14.8 Å². The Bertz CT molecular complexity index is 1560. The van der Waals surface area contributed by atoms with Gasteiger partial charge in [-0.2, -0.15) is 10.2 Å². The number of rotatable bonds is 7. The summed E-state index contributed by atoms with van der Waals surface area (Å²) >= 11 is 0. The zero-order valence-electron chi connectivity index (χ0n) is 19.1. The van der Waals surface area contributed by atoms with E-state index in [1.165, 1.54) is 36.8 Å². The normalized spacial score (nSPS) is 11.4. The highest BCUT2D eigenvalue weighted by atomic mass is 19.1. The van der Waals surface area contributed by atoms with Gasteiger partial charge in [0.15, 0.2) is 0 Å². The zero-order chi connectivity index (χ0) is 25.7. The van der Waals surface area contributed by atoms with Crippen LogP contribution in [0.2, 0.25) is 0 Å². The number of para-hydroxylation sites is 2. The number of hydrazone groups is 2. The highest BCUT2D eigenvalue weighted by molar-refractivity contribution is 5.98. The minimum absolute atomic E-state index is 0.0141. The van der Waals surface area contributed by atoms with E-state index in [4.69, 9.17) is 0 Å². The number of aryl methyl sites for hydroxylation is 1. The van der Waals surface area contributed by atoms with Gasteiger partial charge in [-0.05, 0) is 43.3 Å². The number of anilines is 1. The summed E-state index contributed by atoms with van der Waals surface area (Å²) in [5.41, 5.74) is 5.22. The number of carbonyl (C=O) groups is 1. The third kappa shape index (κ3) is 5.07. The predicted octanol–water partition coefficient (Wildman–Crippen LogP) is 3.78. The van der Waals surface area contributed by atoms with Crippen molar-refractivity contribution in [3.8, 4) is 11.5 Å². The molecule has 0 atom stereocenters. The molecule has 0 aliphatic heterocycles. The van der Waals surface area contributed by atoms with Crippen LogP contribution in [0.5, 0.6) is 11.5 Å². The van der Waals surface area contributed by atoms with Gasteiger partial charge in [0, 0.05) is 29.3 Å². The smallest absolute Gasteiger partial charge is 0.276 e. The second-order valence-electron chi connectivity index (χ2n) is 7.69. The number of hydrogen-bond donors (Lipinski definition) is 4. The van der Waals surface area contributed by atoms with Crippen molar-refractivity contribution in [2.45, 2.75) is 13.5 Å². The van der Waals surface area contributed by atoms with Crippen LogP contribution in [0.4, 0.5) is 10.1 Å². The SMILES string of the molecule is CCn1cc(C(=O)NN=Cc2ccccc2O)c(=O)c2cc(F)c(NN=Cc3ccccc3O)cc21. The number of nitrogens with zero attached hydrogens (tertiary/aromatic N) is 3. The number of phenolic OH excluding ortho intramolecular Hbond substituents is 2. The van der Waals surface area contributed by atoms with Crippen LogP contribution in [0, 0.1) is 5.82 Å². The third-order valence-corrected chi connectivity index (χ3v) is 5.39. The third-order valence-electron chi connectivity index (χ3n) is 5.39. The first kappa shape index (κ1) is 24.1. The Morgan fingerprint density at radius 2 is 1.61 bits per heavy atom. The molecule has 4 rings (SSSR count). The van der Waals surface area contributed by atoms with E-state index >= 15 is 0 Å². The standard InChI is InChI=1S/C26H22FN5O4/c1-2-32-15-19(26(36)31-29-14-17-8-4-6-10-24(17)34)25(35)18-11-20(27)21(12-22(18)32)30-28-13-16-7-3-5-9-23(16)33/h3-15,30,33-34H,2H2,1H3,(H,31,36). The van der Waals surface area contributed by atoms with Gasteiger partial charge in [-0.3, -0.25) is 15.0 Å². The molecule has 4 aromatic rings. The summed E-state index contributed by atoms with van der Waals surface area (Å²) in [6, 6.07) is 15.4. The number of phenols is 2. The lowest BCUT2D eigenvalue weighted by Crippen LogP contribution is -2.27. The molecule has 1 aromatic heterocycles. The number of benzene rings is 3. The van der Waals surface area contributed by atoms with E-state index in [0.717, 1.165) is 6.07 Å². The van der Waals surface area contributed by atoms with Gasteiger partial charge in [0.05, 0.1) is 23.6 Å². The fourth-order valence-corrected chi connectivity index (χ4v) is 3.50. The van der Waals surface area contributed by atoms with Crippen LogP contribution in [-0.2, 0) is 6.54 Å². The maximum absolute atomic E-state index is 14.8. The summed E-state index contributed by atoms with van der Waals surface area (Å²) in [5, 5.41) is 27.4. The molecule has 0 saturated heterocycles. The van der Waals surface area contributed by atoms with Crippen molar-refractivity contribution in [2.24, 2.45) is 10.2 Å². The first-order valence-electron chi connectivity index (χ1n) is 10.9. The molecule has 0 aliphatic rings. The molecule has 36 heavy (non-hydrogen) atoms. The van der Waals surface area contributed by atoms with Crippen LogP contribution >= 0.6 is 0 Å². The second-order valence-corrected chi connectivity index (χ2v) is 7.69. The molecule has 0 spiro atoms. The Hall–Kier alpha value is -4.99. The average Bonchev–Trinajstić information content (AvgIpc) is 2.87. The van der Waals surface area contributed by atoms with Gasteiger partial charge in [0.2, 0.25) is 5.43 Å². The summed E-state index contributed by atoms with van der Waals surface area (Å²) in [7, 11) is 0. The average molecular weight is 487 g/mol. The lowest BCUT2D eigenvalue weighted by atomic mass is 10.1. The van der Waals surface area contributed by atoms with Gasteiger partial charge in [-0.1, -0.05) is 24.3 Å². The summed E-state index contributed by atoms with van der Waals surface area (Å²) in [6.07, 6.45) is 3.97. The predicted molar refractivity (Wildman–Crippen MR) is 136 cm³/mol. The van der Waals surface area contributed by atoms with Crippen LogP contribution < -0.4 is 16.3 Å². The monoisotopic (exact) mass is 487 g/mol. The van der Waals surface area contributed by atoms with Crippen molar-refractivity contribution in [1.29, 1.82) is 0 Å². The first-order valence-corrected chi connectivity index (χ1v) is 10.9. The van der Waals surface area contributed by atoms with Crippen LogP contribution in [0.1, 0.15) is 28.4 Å². The van der Waals surface area contributed by atoms with Crippen molar-refractivity contribution >= 4 is 34.9 Å². The number of hydrogen-bond acceptors (Lipinski definition) is 7. The number of aromatic nitrogens is 1. The van der Waals surface area contributed by atoms with Crippen molar-refractivity contribution in [3.63, 3.8) is 0 Å². The Kier molecular flexibility index (Phi) is 7.05. The van der Waals surface area contributed by atoms with E-state index in [-0.39, 0.29) is 28.1 Å². The first-order chi connectivity index (χ1) is 17.4. The van der Waals surface area contributed by atoms with Gasteiger partial charge >= 0.3 is 0 Å². The van der Waals surface area contributed by atoms with E-state index in [9.17, 15) is 24.2 Å². The van der Waals surface area contributed by atoms with Gasteiger partial charge in [0.25, 0.3) is 5.91 Å². The number of halogens is 1. The van der Waals surface area contributed by atoms with E-state index in [1.807, 2.05) is 6.92 Å². The maximum Gasteiger partial charge on any atom is 0.276 e. The molecule has 9 nitrogen and oxygen atoms in total. The molecule has 0 bridgehead atoms. The highest BCUT2D eigenvalue weighted by Gasteiger charge is 2.17. The number of amides is 1. The fraction of sp³-hybridized carbons (Fsp3) is 0.0769. The Morgan fingerprint density at radius 3 is 2.22 bits per heavy atom. The molecular formula is C26H22FN5O4. The summed E-state index contributed by atoms with van der Waals surface area (Å²) in [5.74, 6) is -1.51. The molecular weight excluding hydrogens is 465 g/mol. The fourth-order valence-electron chi connectivity index (χ4n) is 3.50. The van der Waals surface area contributed by atoms with Crippen molar-refractivity contribution < 1.29 is 19.4 Å². The Labute approximate surface area is 204 Å². The molecule has 0 unspecified atom stereocenters. The molecule has 0 saturated carbocycles. The van der Waals surface area contributed by atoms with Crippen molar-refractivity contribution in [2.75, 3.05) is 5.43 Å². The lowest BCUT2D eigenvalue weighted by molar-refractivity contribution is 0.0953. The lowest BCUT2D eigenvalue weighted by Gasteiger charge is -2.13. The highest BCUT2D eigenvalue weighted by Crippen LogP contribution is 2.22. The molecule has 10 heteroatoms. The minimum atomic E-state index is -0.773. The molecule has 1 heterocycles. The van der Waals surface area contributed by atoms with Crippen LogP contribution in [0.15, 0.2) is 81.9 Å². The maximum atomic E-state index is 14.8. The van der Waals surface area contributed by atoms with Crippen LogP contribution in [-0.4, -0.2) is 33.1 Å². The van der Waals surface area contributed by atoms with E-state index in [2.05, 4.69) is 21.1 Å². The largest absolute Gasteiger partial charge is 0.507 e. The van der Waals surface area contributed by atoms with Gasteiger partial charge in [0.1, 0.15) is 22.9 Å². The summed E-state index contributed by atoms with van der Waals surface area (Å²) in [6.45, 7) is 2.21. The Morgan fingerprint density at radius 1 is 1.00 bits per heavy atom. The molecule has 0 fully saturated rings. The molecule has 0 aliphatic carbocycles. The van der Waals surface area contributed by atoms with E-state index < -0.39 is 17.2 Å². The molecule has 0 radical (unpaired) electrons.